The smallest absolute Gasteiger partial charge is 0.249 e. The third-order valence-electron chi connectivity index (χ3n) is 4.89. The Morgan fingerprint density at radius 2 is 1.57 bits per heavy atom. The highest BCUT2D eigenvalue weighted by molar-refractivity contribution is 6.21. The third kappa shape index (κ3) is 4.42. The van der Waals surface area contributed by atoms with Crippen LogP contribution >= 0.6 is 23.2 Å². The van der Waals surface area contributed by atoms with Gasteiger partial charge in [0.2, 0.25) is 11.8 Å². The van der Waals surface area contributed by atoms with E-state index in [1.54, 1.807) is 0 Å². The molecule has 23 heavy (non-hydrogen) atoms. The highest BCUT2D eigenvalue weighted by Gasteiger charge is 2.44. The van der Waals surface area contributed by atoms with E-state index in [-0.39, 0.29) is 47.1 Å². The fourth-order valence-electron chi connectivity index (χ4n) is 3.56. The predicted molar refractivity (Wildman–Crippen MR) is 84.0 cm³/mol. The van der Waals surface area contributed by atoms with Crippen LogP contribution in [0.4, 0.5) is 0 Å². The summed E-state index contributed by atoms with van der Waals surface area (Å²) in [6.07, 6.45) is 3.37. The molecule has 0 aromatic heterocycles. The lowest BCUT2D eigenvalue weighted by atomic mass is 9.91. The predicted octanol–water partition coefficient (Wildman–Crippen LogP) is -4.33. The maximum absolute atomic E-state index is 12.4. The first-order valence-electron chi connectivity index (χ1n) is 8.00. The van der Waals surface area contributed by atoms with Crippen molar-refractivity contribution in [3.63, 3.8) is 0 Å². The quantitative estimate of drug-likeness (QED) is 0.363. The average molecular weight is 386 g/mol. The SMILES string of the molecule is O=C1N[C@@H]([C@H]2CC[C@H](Cl)C[NH2+]2)C(=O)N[C@H]1[C@H]1CC[C@H](Cl)CN1.[Cl-]. The zero-order valence-corrected chi connectivity index (χ0v) is 15.0. The van der Waals surface area contributed by atoms with E-state index in [9.17, 15) is 9.59 Å². The molecule has 0 unspecified atom stereocenters. The number of amides is 2. The number of piperidine rings is 2. The van der Waals surface area contributed by atoms with Crippen LogP contribution in [0.15, 0.2) is 0 Å². The molecule has 3 aliphatic heterocycles. The van der Waals surface area contributed by atoms with Gasteiger partial charge in [-0.05, 0) is 19.3 Å². The van der Waals surface area contributed by atoms with Gasteiger partial charge in [-0.25, -0.2) is 0 Å². The van der Waals surface area contributed by atoms with Crippen LogP contribution in [0.25, 0.3) is 0 Å². The van der Waals surface area contributed by atoms with Crippen molar-refractivity contribution >= 4 is 35.0 Å². The summed E-state index contributed by atoms with van der Waals surface area (Å²) in [4.78, 5) is 24.8. The van der Waals surface area contributed by atoms with E-state index in [4.69, 9.17) is 23.2 Å². The zero-order valence-electron chi connectivity index (χ0n) is 12.7. The van der Waals surface area contributed by atoms with Crippen LogP contribution < -0.4 is 33.7 Å². The standard InChI is InChI=1S/C14H22Cl2N4O2.ClH/c15-7-1-3-9(17-5-7)11-13(21)20-12(14(22)19-11)10-4-2-8(16)6-18-10;/h7-12,17-18H,1-6H2,(H,19,22)(H,20,21);1H/t7-,8-,9+,10+,11-,12-;/m0./s1. The monoisotopic (exact) mass is 384 g/mol. The number of hydrogen-bond acceptors (Lipinski definition) is 3. The summed E-state index contributed by atoms with van der Waals surface area (Å²) in [5, 5.41) is 11.4. The number of carbonyl (C=O) groups is 2. The molecule has 3 aliphatic rings. The number of hydrogen-bond donors (Lipinski definition) is 4. The molecular weight excluding hydrogens is 363 g/mol. The van der Waals surface area contributed by atoms with Crippen molar-refractivity contribution in [3.8, 4) is 0 Å². The van der Waals surface area contributed by atoms with Crippen molar-refractivity contribution in [1.82, 2.24) is 16.0 Å². The molecule has 2 amide bonds. The molecule has 3 fully saturated rings. The summed E-state index contributed by atoms with van der Waals surface area (Å²) in [6, 6.07) is -0.927. The molecule has 0 spiro atoms. The van der Waals surface area contributed by atoms with Crippen molar-refractivity contribution in [2.45, 2.75) is 60.6 Å². The fourth-order valence-corrected chi connectivity index (χ4v) is 4.01. The summed E-state index contributed by atoms with van der Waals surface area (Å²) in [6.45, 7) is 1.46. The van der Waals surface area contributed by atoms with Crippen LogP contribution in [0.2, 0.25) is 0 Å². The Morgan fingerprint density at radius 3 is 2.17 bits per heavy atom. The Balaban J connectivity index is 0.00000192. The van der Waals surface area contributed by atoms with Gasteiger partial charge in [-0.3, -0.25) is 9.59 Å². The number of halogens is 3. The van der Waals surface area contributed by atoms with Gasteiger partial charge >= 0.3 is 0 Å². The second kappa shape index (κ2) is 8.21. The van der Waals surface area contributed by atoms with E-state index in [2.05, 4.69) is 21.3 Å². The van der Waals surface area contributed by atoms with Gasteiger partial charge in [-0.15, -0.1) is 23.2 Å². The highest BCUT2D eigenvalue weighted by atomic mass is 35.5. The van der Waals surface area contributed by atoms with E-state index in [1.165, 1.54) is 0 Å². The van der Waals surface area contributed by atoms with Crippen LogP contribution in [0.5, 0.6) is 0 Å². The molecule has 0 aromatic carbocycles. The van der Waals surface area contributed by atoms with E-state index in [0.29, 0.717) is 6.54 Å². The minimum absolute atomic E-state index is 0. The summed E-state index contributed by atoms with van der Waals surface area (Å²) >= 11 is 12.1. The van der Waals surface area contributed by atoms with Gasteiger partial charge in [-0.1, -0.05) is 0 Å². The third-order valence-corrected chi connectivity index (χ3v) is 5.66. The molecule has 0 saturated carbocycles. The lowest BCUT2D eigenvalue weighted by molar-refractivity contribution is -0.697. The van der Waals surface area contributed by atoms with Gasteiger partial charge < -0.3 is 33.7 Å². The first-order chi connectivity index (χ1) is 10.5. The maximum Gasteiger partial charge on any atom is 0.249 e. The Hall–Kier alpha value is -0.270. The minimum atomic E-state index is -0.503. The Kier molecular flexibility index (Phi) is 6.80. The van der Waals surface area contributed by atoms with Crippen molar-refractivity contribution < 1.29 is 27.3 Å². The molecule has 3 rings (SSSR count). The topological polar surface area (TPSA) is 86.8 Å². The molecule has 6 nitrogen and oxygen atoms in total. The van der Waals surface area contributed by atoms with Crippen LogP contribution in [-0.4, -0.2) is 59.8 Å². The fraction of sp³-hybridized carbons (Fsp3) is 0.857. The molecular formula is C14H23Cl3N4O2. The maximum atomic E-state index is 12.4. The van der Waals surface area contributed by atoms with Gasteiger partial charge in [0.05, 0.1) is 11.9 Å². The number of nitrogens with one attached hydrogen (secondary N) is 3. The number of piperazine rings is 1. The van der Waals surface area contributed by atoms with Gasteiger partial charge in [0, 0.05) is 24.4 Å². The molecule has 3 heterocycles. The lowest BCUT2D eigenvalue weighted by Crippen LogP contribution is -3.00. The molecule has 3 saturated heterocycles. The van der Waals surface area contributed by atoms with Crippen LogP contribution in [0.3, 0.4) is 0 Å². The Labute approximate surface area is 152 Å². The molecule has 0 aliphatic carbocycles. The highest BCUT2D eigenvalue weighted by Crippen LogP contribution is 2.18. The van der Waals surface area contributed by atoms with E-state index < -0.39 is 12.1 Å². The molecule has 5 N–H and O–H groups in total. The molecule has 0 aromatic rings. The summed E-state index contributed by atoms with van der Waals surface area (Å²) in [5.74, 6) is -0.190. The van der Waals surface area contributed by atoms with E-state index >= 15 is 0 Å². The van der Waals surface area contributed by atoms with Crippen molar-refractivity contribution in [1.29, 1.82) is 0 Å². The number of rotatable bonds is 2. The Bertz CT molecular complexity index is 398. The molecule has 0 radical (unpaired) electrons. The Morgan fingerprint density at radius 1 is 0.913 bits per heavy atom. The second-order valence-corrected chi connectivity index (χ2v) is 7.71. The van der Waals surface area contributed by atoms with Crippen LogP contribution in [0.1, 0.15) is 25.7 Å². The van der Waals surface area contributed by atoms with Crippen LogP contribution in [0, 0.1) is 0 Å². The number of carbonyl (C=O) groups excluding carboxylic acids is 2. The van der Waals surface area contributed by atoms with E-state index in [1.807, 2.05) is 0 Å². The number of nitrogens with two attached hydrogens (primary N) is 1. The molecule has 9 heteroatoms. The molecule has 0 bridgehead atoms. The first-order valence-corrected chi connectivity index (χ1v) is 8.87. The largest absolute Gasteiger partial charge is 1.00 e. The van der Waals surface area contributed by atoms with E-state index in [0.717, 1.165) is 32.2 Å². The van der Waals surface area contributed by atoms with Gasteiger partial charge in [-0.2, -0.15) is 0 Å². The number of alkyl halides is 2. The number of quaternary nitrogens is 1. The van der Waals surface area contributed by atoms with Gasteiger partial charge in [0.1, 0.15) is 12.1 Å². The normalized spacial score (nSPS) is 41.5. The van der Waals surface area contributed by atoms with Gasteiger partial charge in [0.25, 0.3) is 0 Å². The zero-order chi connectivity index (χ0) is 15.7. The summed E-state index contributed by atoms with van der Waals surface area (Å²) < 4.78 is 0. The van der Waals surface area contributed by atoms with Crippen molar-refractivity contribution in [2.75, 3.05) is 13.1 Å². The average Bonchev–Trinajstić information content (AvgIpc) is 2.51. The van der Waals surface area contributed by atoms with Crippen molar-refractivity contribution in [3.05, 3.63) is 0 Å². The first kappa shape index (κ1) is 19.1. The van der Waals surface area contributed by atoms with Crippen molar-refractivity contribution in [2.24, 2.45) is 0 Å². The second-order valence-electron chi connectivity index (χ2n) is 6.47. The lowest BCUT2D eigenvalue weighted by Gasteiger charge is -2.39. The minimum Gasteiger partial charge on any atom is -1.00 e. The molecule has 6 atom stereocenters. The summed E-state index contributed by atoms with van der Waals surface area (Å²) in [7, 11) is 0. The van der Waals surface area contributed by atoms with Crippen LogP contribution in [-0.2, 0) is 9.59 Å². The summed E-state index contributed by atoms with van der Waals surface area (Å²) in [5.41, 5.74) is 0. The molecule has 132 valence electrons. The van der Waals surface area contributed by atoms with Gasteiger partial charge in [0.15, 0.2) is 6.04 Å².